The van der Waals surface area contributed by atoms with Gasteiger partial charge in [-0.2, -0.15) is 11.8 Å². The summed E-state index contributed by atoms with van der Waals surface area (Å²) in [7, 11) is 1.76. The van der Waals surface area contributed by atoms with Gasteiger partial charge in [0, 0.05) is 24.9 Å². The zero-order chi connectivity index (χ0) is 15.8. The summed E-state index contributed by atoms with van der Waals surface area (Å²) in [5.41, 5.74) is 0.109. The van der Waals surface area contributed by atoms with Gasteiger partial charge in [0.1, 0.15) is 0 Å². The molecule has 128 valence electrons. The van der Waals surface area contributed by atoms with Crippen molar-refractivity contribution in [2.24, 2.45) is 10.4 Å². The first kappa shape index (κ1) is 23.6. The Morgan fingerprint density at radius 1 is 1.19 bits per heavy atom. The van der Waals surface area contributed by atoms with E-state index in [2.05, 4.69) is 63.4 Å². The van der Waals surface area contributed by atoms with Crippen LogP contribution in [-0.4, -0.2) is 49.8 Å². The summed E-state index contributed by atoms with van der Waals surface area (Å²) in [5.74, 6) is 0.862. The molecule has 0 aromatic heterocycles. The van der Waals surface area contributed by atoms with Gasteiger partial charge in [-0.1, -0.05) is 20.8 Å². The van der Waals surface area contributed by atoms with Crippen molar-refractivity contribution in [3.63, 3.8) is 0 Å². The number of nitrogens with zero attached hydrogens (tertiary/aromatic N) is 1. The third kappa shape index (κ3) is 10.6. The van der Waals surface area contributed by atoms with Crippen LogP contribution in [0.2, 0.25) is 0 Å². The van der Waals surface area contributed by atoms with E-state index in [1.54, 1.807) is 7.11 Å². The molecule has 0 fully saturated rings. The summed E-state index contributed by atoms with van der Waals surface area (Å²) in [6, 6.07) is 0. The lowest BCUT2D eigenvalue weighted by atomic mass is 9.89. The standard InChI is InChI=1S/C15H33N3OS.HI/c1-9-16-13(18-11-15(5,6)20-8)17-10-12(19-7)14(2,3)4;/h12H,9-11H2,1-8H3,(H2,16,17,18);1H. The molecular formula is C15H34IN3OS. The van der Waals surface area contributed by atoms with Crippen molar-refractivity contribution in [2.45, 2.75) is 52.4 Å². The highest BCUT2D eigenvalue weighted by Gasteiger charge is 2.24. The maximum absolute atomic E-state index is 5.56. The second-order valence-electron chi connectivity index (χ2n) is 6.63. The van der Waals surface area contributed by atoms with Gasteiger partial charge in [-0.05, 0) is 32.4 Å². The first-order chi connectivity index (χ1) is 9.16. The molecule has 4 nitrogen and oxygen atoms in total. The topological polar surface area (TPSA) is 45.7 Å². The van der Waals surface area contributed by atoms with Crippen LogP contribution in [0.3, 0.4) is 0 Å². The van der Waals surface area contributed by atoms with E-state index < -0.39 is 0 Å². The Morgan fingerprint density at radius 3 is 2.14 bits per heavy atom. The van der Waals surface area contributed by atoms with E-state index in [0.717, 1.165) is 25.6 Å². The highest BCUT2D eigenvalue weighted by molar-refractivity contribution is 14.0. The second-order valence-corrected chi connectivity index (χ2v) is 8.14. The molecule has 0 aliphatic rings. The zero-order valence-corrected chi connectivity index (χ0v) is 18.0. The van der Waals surface area contributed by atoms with Gasteiger partial charge < -0.3 is 15.4 Å². The van der Waals surface area contributed by atoms with Gasteiger partial charge in [0.2, 0.25) is 0 Å². The fourth-order valence-electron chi connectivity index (χ4n) is 1.61. The molecule has 0 spiro atoms. The maximum Gasteiger partial charge on any atom is 0.191 e. The smallest absolute Gasteiger partial charge is 0.191 e. The fraction of sp³-hybridized carbons (Fsp3) is 0.933. The van der Waals surface area contributed by atoms with Crippen molar-refractivity contribution in [3.8, 4) is 0 Å². The van der Waals surface area contributed by atoms with E-state index in [1.165, 1.54) is 0 Å². The molecule has 0 rings (SSSR count). The minimum absolute atomic E-state index is 0. The lowest BCUT2D eigenvalue weighted by Crippen LogP contribution is -2.45. The molecule has 21 heavy (non-hydrogen) atoms. The Labute approximate surface area is 152 Å². The van der Waals surface area contributed by atoms with Gasteiger partial charge in [0.25, 0.3) is 0 Å². The number of methoxy groups -OCH3 is 1. The average Bonchev–Trinajstić information content (AvgIpc) is 2.35. The van der Waals surface area contributed by atoms with Gasteiger partial charge in [-0.3, -0.25) is 4.99 Å². The number of aliphatic imine (C=N–C) groups is 1. The van der Waals surface area contributed by atoms with Crippen molar-refractivity contribution >= 4 is 41.7 Å². The molecule has 1 unspecified atom stereocenters. The van der Waals surface area contributed by atoms with Crippen LogP contribution < -0.4 is 10.6 Å². The number of nitrogens with one attached hydrogen (secondary N) is 2. The molecule has 0 bridgehead atoms. The van der Waals surface area contributed by atoms with Gasteiger partial charge in [0.15, 0.2) is 5.96 Å². The third-order valence-corrected chi connectivity index (χ3v) is 4.45. The van der Waals surface area contributed by atoms with Gasteiger partial charge in [0.05, 0.1) is 12.6 Å². The van der Waals surface area contributed by atoms with Crippen LogP contribution in [0.25, 0.3) is 0 Å². The largest absolute Gasteiger partial charge is 0.379 e. The predicted molar refractivity (Wildman–Crippen MR) is 107 cm³/mol. The Balaban J connectivity index is 0. The van der Waals surface area contributed by atoms with E-state index >= 15 is 0 Å². The average molecular weight is 431 g/mol. The Morgan fingerprint density at radius 2 is 1.76 bits per heavy atom. The van der Waals surface area contributed by atoms with Crippen molar-refractivity contribution in [1.82, 2.24) is 10.6 Å². The summed E-state index contributed by atoms with van der Waals surface area (Å²) >= 11 is 1.83. The molecule has 0 aliphatic heterocycles. The van der Waals surface area contributed by atoms with Crippen molar-refractivity contribution in [1.29, 1.82) is 0 Å². The lowest BCUT2D eigenvalue weighted by Gasteiger charge is -2.30. The maximum atomic E-state index is 5.56. The number of rotatable bonds is 7. The van der Waals surface area contributed by atoms with Crippen LogP contribution in [0.4, 0.5) is 0 Å². The first-order valence-electron chi connectivity index (χ1n) is 7.26. The molecule has 6 heteroatoms. The fourth-order valence-corrected chi connectivity index (χ4v) is 1.80. The van der Waals surface area contributed by atoms with Crippen LogP contribution >= 0.6 is 35.7 Å². The van der Waals surface area contributed by atoms with Gasteiger partial charge in [-0.15, -0.1) is 24.0 Å². The number of hydrogen-bond acceptors (Lipinski definition) is 3. The number of halogens is 1. The van der Waals surface area contributed by atoms with E-state index in [9.17, 15) is 0 Å². The SMILES string of the molecule is CCNC(=NCC(C)(C)SC)NCC(OC)C(C)(C)C.I. The molecule has 0 heterocycles. The van der Waals surface area contributed by atoms with E-state index in [1.807, 2.05) is 11.8 Å². The van der Waals surface area contributed by atoms with E-state index in [-0.39, 0.29) is 40.2 Å². The molecular weight excluding hydrogens is 397 g/mol. The molecule has 0 aliphatic carbocycles. The molecule has 0 saturated carbocycles. The molecule has 0 amide bonds. The van der Waals surface area contributed by atoms with Crippen molar-refractivity contribution in [3.05, 3.63) is 0 Å². The van der Waals surface area contributed by atoms with Crippen molar-refractivity contribution < 1.29 is 4.74 Å². The van der Waals surface area contributed by atoms with E-state index in [4.69, 9.17) is 4.74 Å². The minimum atomic E-state index is 0. The number of thioether (sulfide) groups is 1. The van der Waals surface area contributed by atoms with Crippen LogP contribution in [0.15, 0.2) is 4.99 Å². The Hall–Kier alpha value is 0.310. The molecule has 0 radical (unpaired) electrons. The number of ether oxygens (including phenoxy) is 1. The van der Waals surface area contributed by atoms with Gasteiger partial charge >= 0.3 is 0 Å². The van der Waals surface area contributed by atoms with Crippen LogP contribution in [0.5, 0.6) is 0 Å². The lowest BCUT2D eigenvalue weighted by molar-refractivity contribution is 0.0205. The molecule has 1 atom stereocenters. The van der Waals surface area contributed by atoms with Crippen LogP contribution in [0.1, 0.15) is 41.5 Å². The van der Waals surface area contributed by atoms with Crippen molar-refractivity contribution in [2.75, 3.05) is 33.0 Å². The number of guanidine groups is 1. The monoisotopic (exact) mass is 431 g/mol. The Bertz CT molecular complexity index is 304. The Kier molecular flexibility index (Phi) is 12.3. The predicted octanol–water partition coefficient (Wildman–Crippen LogP) is 3.36. The van der Waals surface area contributed by atoms with E-state index in [0.29, 0.717) is 0 Å². The normalized spacial score (nSPS) is 14.4. The number of hydrogen-bond donors (Lipinski definition) is 2. The second kappa shape index (κ2) is 10.9. The first-order valence-corrected chi connectivity index (χ1v) is 8.49. The highest BCUT2D eigenvalue weighted by atomic mass is 127. The van der Waals surface area contributed by atoms with Crippen LogP contribution in [0, 0.1) is 5.41 Å². The quantitative estimate of drug-likeness (QED) is 0.369. The minimum Gasteiger partial charge on any atom is -0.379 e. The summed E-state index contributed by atoms with van der Waals surface area (Å²) in [6.07, 6.45) is 2.27. The summed E-state index contributed by atoms with van der Waals surface area (Å²) < 4.78 is 5.72. The highest BCUT2D eigenvalue weighted by Crippen LogP contribution is 2.22. The third-order valence-electron chi connectivity index (χ3n) is 3.22. The van der Waals surface area contributed by atoms with Gasteiger partial charge in [-0.25, -0.2) is 0 Å². The summed E-state index contributed by atoms with van der Waals surface area (Å²) in [5, 5.41) is 6.66. The molecule has 2 N–H and O–H groups in total. The zero-order valence-electron chi connectivity index (χ0n) is 14.9. The van der Waals surface area contributed by atoms with Crippen LogP contribution in [-0.2, 0) is 4.74 Å². The molecule has 0 saturated heterocycles. The summed E-state index contributed by atoms with van der Waals surface area (Å²) in [4.78, 5) is 4.66. The molecule has 0 aromatic rings. The molecule has 0 aromatic carbocycles. The summed E-state index contributed by atoms with van der Waals surface area (Å²) in [6.45, 7) is 15.4.